The molecule has 7 nitrogen and oxygen atoms in total. The van der Waals surface area contributed by atoms with Gasteiger partial charge >= 0.3 is 6.03 Å². The highest BCUT2D eigenvalue weighted by Gasteiger charge is 2.25. The molecule has 4 N–H and O–H groups in total. The molecule has 1 atom stereocenters. The zero-order valence-corrected chi connectivity index (χ0v) is 16.1. The zero-order chi connectivity index (χ0) is 19.6. The Kier molecular flexibility index (Phi) is 8.47. The van der Waals surface area contributed by atoms with Crippen molar-refractivity contribution in [3.8, 4) is 0 Å². The molecule has 0 bridgehead atoms. The van der Waals surface area contributed by atoms with Gasteiger partial charge in [-0.3, -0.25) is 21.0 Å². The second-order valence-corrected chi connectivity index (χ2v) is 6.79. The van der Waals surface area contributed by atoms with Crippen LogP contribution in [0.1, 0.15) is 51.1 Å². The Morgan fingerprint density at radius 3 is 2.74 bits per heavy atom. The van der Waals surface area contributed by atoms with Crippen LogP contribution < -0.4 is 21.5 Å². The molecule has 1 saturated heterocycles. The number of nitrogens with zero attached hydrogens (tertiary/aromatic N) is 1. The lowest BCUT2D eigenvalue weighted by Gasteiger charge is -2.17. The molecule has 0 aliphatic carbocycles. The van der Waals surface area contributed by atoms with Gasteiger partial charge in [-0.2, -0.15) is 0 Å². The van der Waals surface area contributed by atoms with E-state index in [1.807, 2.05) is 19.9 Å². The molecule has 1 aromatic rings. The van der Waals surface area contributed by atoms with Gasteiger partial charge in [0.05, 0.1) is 5.69 Å². The van der Waals surface area contributed by atoms with E-state index in [1.165, 1.54) is 11.0 Å². The molecule has 0 saturated carbocycles. The maximum Gasteiger partial charge on any atom is 0.324 e. The lowest BCUT2D eigenvalue weighted by atomic mass is 10.1. The van der Waals surface area contributed by atoms with Gasteiger partial charge in [0.1, 0.15) is 12.4 Å². The van der Waals surface area contributed by atoms with E-state index in [4.69, 9.17) is 0 Å². The van der Waals surface area contributed by atoms with Crippen molar-refractivity contribution >= 4 is 17.6 Å². The summed E-state index contributed by atoms with van der Waals surface area (Å²) in [5, 5.41) is 5.37. The van der Waals surface area contributed by atoms with E-state index >= 15 is 0 Å². The fraction of sp³-hybridized carbons (Fsp3) is 0.579. The minimum absolute atomic E-state index is 0.0482. The molecule has 27 heavy (non-hydrogen) atoms. The Morgan fingerprint density at radius 1 is 1.22 bits per heavy atom. The number of carbonyl (C=O) groups excluding carboxylic acids is 2. The molecule has 0 spiro atoms. The maximum absolute atomic E-state index is 13.8. The van der Waals surface area contributed by atoms with Crippen molar-refractivity contribution in [3.63, 3.8) is 0 Å². The van der Waals surface area contributed by atoms with E-state index < -0.39 is 0 Å². The van der Waals surface area contributed by atoms with Crippen molar-refractivity contribution in [3.05, 3.63) is 29.6 Å². The van der Waals surface area contributed by atoms with Crippen molar-refractivity contribution in [2.24, 2.45) is 0 Å². The number of amides is 3. The van der Waals surface area contributed by atoms with E-state index in [2.05, 4.69) is 21.5 Å². The summed E-state index contributed by atoms with van der Waals surface area (Å²) in [7, 11) is 0. The number of rotatable bonds is 12. The van der Waals surface area contributed by atoms with E-state index in [1.54, 1.807) is 6.07 Å². The van der Waals surface area contributed by atoms with E-state index in [9.17, 15) is 14.0 Å². The van der Waals surface area contributed by atoms with Crippen molar-refractivity contribution in [2.75, 3.05) is 31.5 Å². The van der Waals surface area contributed by atoms with Gasteiger partial charge in [0, 0.05) is 25.7 Å². The number of anilines is 1. The zero-order valence-electron chi connectivity index (χ0n) is 16.1. The molecule has 1 unspecified atom stereocenters. The predicted octanol–water partition coefficient (Wildman–Crippen LogP) is 2.52. The number of imide groups is 1. The third-order valence-corrected chi connectivity index (χ3v) is 4.47. The summed E-state index contributed by atoms with van der Waals surface area (Å²) < 4.78 is 13.8. The van der Waals surface area contributed by atoms with Gasteiger partial charge in [-0.1, -0.05) is 19.4 Å². The number of halogens is 1. The molecular formula is C19H30FN5O2. The van der Waals surface area contributed by atoms with Crippen LogP contribution in [0.25, 0.3) is 0 Å². The van der Waals surface area contributed by atoms with Gasteiger partial charge < -0.3 is 10.2 Å². The van der Waals surface area contributed by atoms with Crippen LogP contribution in [-0.4, -0.2) is 43.0 Å². The van der Waals surface area contributed by atoms with Crippen LogP contribution in [0.4, 0.5) is 14.9 Å². The third kappa shape index (κ3) is 6.80. The van der Waals surface area contributed by atoms with Crippen molar-refractivity contribution in [2.45, 2.75) is 45.6 Å². The number of hydrogen-bond acceptors (Lipinski definition) is 5. The fourth-order valence-corrected chi connectivity index (χ4v) is 2.87. The average Bonchev–Trinajstić information content (AvgIpc) is 2.97. The molecule has 1 aliphatic rings. The van der Waals surface area contributed by atoms with Crippen LogP contribution in [0.2, 0.25) is 0 Å². The topological polar surface area (TPSA) is 85.5 Å². The Morgan fingerprint density at radius 2 is 2.04 bits per heavy atom. The molecule has 1 aromatic carbocycles. The molecule has 0 aromatic heterocycles. The minimum atomic E-state index is -0.291. The molecule has 1 aliphatic heterocycles. The smallest absolute Gasteiger partial charge is 0.324 e. The van der Waals surface area contributed by atoms with Crippen LogP contribution in [0, 0.1) is 5.82 Å². The summed E-state index contributed by atoms with van der Waals surface area (Å²) in [6.07, 6.45) is 3.72. The number of carbonyl (C=O) groups is 2. The highest BCUT2D eigenvalue weighted by molar-refractivity contribution is 6.01. The van der Waals surface area contributed by atoms with E-state index in [0.717, 1.165) is 44.3 Å². The Bertz CT molecular complexity index is 641. The number of unbranched alkanes of at least 4 members (excludes halogenated alkanes) is 2. The second-order valence-electron chi connectivity index (χ2n) is 6.79. The number of urea groups is 1. The Labute approximate surface area is 160 Å². The van der Waals surface area contributed by atoms with Gasteiger partial charge in [-0.05, 0) is 43.9 Å². The van der Waals surface area contributed by atoms with Gasteiger partial charge in [0.25, 0.3) is 0 Å². The predicted molar refractivity (Wildman–Crippen MR) is 104 cm³/mol. The lowest BCUT2D eigenvalue weighted by Crippen LogP contribution is -2.35. The monoisotopic (exact) mass is 379 g/mol. The number of hydrogen-bond donors (Lipinski definition) is 4. The Balaban J connectivity index is 1.61. The van der Waals surface area contributed by atoms with E-state index in [0.29, 0.717) is 12.2 Å². The standard InChI is InChI=1S/C19H30FN5O2/c1-3-9-21-17-12-15(7-8-16(17)20)14(2)24-22-10-5-4-6-11-25-13-18(26)23-19(25)27/h7-8,12,14,21-22,24H,3-6,9-11,13H2,1-2H3,(H,23,26,27). The molecule has 1 heterocycles. The summed E-state index contributed by atoms with van der Waals surface area (Å²) in [6, 6.07) is 4.87. The second kappa shape index (κ2) is 10.8. The largest absolute Gasteiger partial charge is 0.383 e. The van der Waals surface area contributed by atoms with Crippen LogP contribution in [0.3, 0.4) is 0 Å². The number of hydrazine groups is 1. The fourth-order valence-electron chi connectivity index (χ4n) is 2.87. The first kappa shape index (κ1) is 21.1. The minimum Gasteiger partial charge on any atom is -0.383 e. The summed E-state index contributed by atoms with van der Waals surface area (Å²) in [6.45, 7) is 6.37. The van der Waals surface area contributed by atoms with Gasteiger partial charge in [0.2, 0.25) is 5.91 Å². The Hall–Kier alpha value is -2.19. The third-order valence-electron chi connectivity index (χ3n) is 4.47. The van der Waals surface area contributed by atoms with Crippen molar-refractivity contribution < 1.29 is 14.0 Å². The van der Waals surface area contributed by atoms with Gasteiger partial charge in [-0.25, -0.2) is 9.18 Å². The SMILES string of the molecule is CCCNc1cc(C(C)NNCCCCCN2CC(=O)NC2=O)ccc1F. The molecular weight excluding hydrogens is 349 g/mol. The molecule has 8 heteroatoms. The molecule has 2 rings (SSSR count). The highest BCUT2D eigenvalue weighted by Crippen LogP contribution is 2.20. The summed E-state index contributed by atoms with van der Waals surface area (Å²) in [5.74, 6) is -0.463. The molecule has 1 fully saturated rings. The normalized spacial score (nSPS) is 15.1. The van der Waals surface area contributed by atoms with Gasteiger partial charge in [-0.15, -0.1) is 0 Å². The maximum atomic E-state index is 13.8. The van der Waals surface area contributed by atoms with E-state index in [-0.39, 0.29) is 30.3 Å². The summed E-state index contributed by atoms with van der Waals surface area (Å²) >= 11 is 0. The summed E-state index contributed by atoms with van der Waals surface area (Å²) in [5.41, 5.74) is 7.96. The molecule has 3 amide bonds. The molecule has 150 valence electrons. The van der Waals surface area contributed by atoms with Crippen LogP contribution in [-0.2, 0) is 4.79 Å². The van der Waals surface area contributed by atoms with Crippen LogP contribution in [0.15, 0.2) is 18.2 Å². The highest BCUT2D eigenvalue weighted by atomic mass is 19.1. The number of benzene rings is 1. The molecule has 0 radical (unpaired) electrons. The van der Waals surface area contributed by atoms with Crippen LogP contribution in [0.5, 0.6) is 0 Å². The van der Waals surface area contributed by atoms with Crippen molar-refractivity contribution in [1.82, 2.24) is 21.1 Å². The van der Waals surface area contributed by atoms with Crippen LogP contribution >= 0.6 is 0 Å². The van der Waals surface area contributed by atoms with Crippen molar-refractivity contribution in [1.29, 1.82) is 0 Å². The first-order chi connectivity index (χ1) is 13.0. The average molecular weight is 379 g/mol. The quantitative estimate of drug-likeness (QED) is 0.255. The first-order valence-corrected chi connectivity index (χ1v) is 9.61. The lowest BCUT2D eigenvalue weighted by molar-refractivity contribution is -0.118. The van der Waals surface area contributed by atoms with Gasteiger partial charge in [0.15, 0.2) is 0 Å². The summed E-state index contributed by atoms with van der Waals surface area (Å²) in [4.78, 5) is 24.0. The number of nitrogens with one attached hydrogen (secondary N) is 4. The first-order valence-electron chi connectivity index (χ1n) is 9.61.